The molecule has 2 aromatic heterocycles. The van der Waals surface area contributed by atoms with E-state index < -0.39 is 5.56 Å². The molecule has 1 aliphatic heterocycles. The molecule has 3 heterocycles. The third-order valence-electron chi connectivity index (χ3n) is 6.08. The molecular formula is C23H29ClN6O3. The van der Waals surface area contributed by atoms with E-state index in [1.165, 1.54) is 11.3 Å². The number of nitrogens with one attached hydrogen (secondary N) is 1. The normalized spacial score (nSPS) is 14.7. The molecule has 0 spiro atoms. The number of carbonyl (C=O) groups is 1. The van der Waals surface area contributed by atoms with Crippen molar-refractivity contribution >= 4 is 34.1 Å². The fourth-order valence-electron chi connectivity index (χ4n) is 4.31. The smallest absolute Gasteiger partial charge is 0.297 e. The summed E-state index contributed by atoms with van der Waals surface area (Å²) in [4.78, 5) is 29.6. The fraction of sp³-hybridized carbons (Fsp3) is 0.478. The summed E-state index contributed by atoms with van der Waals surface area (Å²) in [5.41, 5.74) is 2.84. The summed E-state index contributed by atoms with van der Waals surface area (Å²) in [6, 6.07) is 6.01. The first-order valence-electron chi connectivity index (χ1n) is 11.2. The molecule has 1 aliphatic rings. The summed E-state index contributed by atoms with van der Waals surface area (Å²) in [7, 11) is 0. The Morgan fingerprint density at radius 1 is 1.18 bits per heavy atom. The number of aromatic nitrogens is 3. The highest BCUT2D eigenvalue weighted by Crippen LogP contribution is 2.25. The van der Waals surface area contributed by atoms with Gasteiger partial charge in [-0.05, 0) is 51.4 Å². The van der Waals surface area contributed by atoms with Crippen LogP contribution in [0.25, 0.3) is 10.9 Å². The van der Waals surface area contributed by atoms with Crippen molar-refractivity contribution in [2.45, 2.75) is 33.7 Å². The van der Waals surface area contributed by atoms with Crippen LogP contribution in [0.5, 0.6) is 0 Å². The van der Waals surface area contributed by atoms with Gasteiger partial charge in [0.2, 0.25) is 5.91 Å². The van der Waals surface area contributed by atoms with Gasteiger partial charge in [-0.15, -0.1) is 0 Å². The van der Waals surface area contributed by atoms with Gasteiger partial charge in [0.25, 0.3) is 5.56 Å². The number of rotatable bonds is 7. The van der Waals surface area contributed by atoms with Crippen LogP contribution < -0.4 is 15.8 Å². The fourth-order valence-corrected chi connectivity index (χ4v) is 4.47. The van der Waals surface area contributed by atoms with Gasteiger partial charge in [-0.25, -0.2) is 4.68 Å². The minimum Gasteiger partial charge on any atom is -0.369 e. The lowest BCUT2D eigenvalue weighted by atomic mass is 10.1. The number of hydrogen-bond acceptors (Lipinski definition) is 7. The largest absolute Gasteiger partial charge is 0.369 e. The first-order chi connectivity index (χ1) is 15.8. The van der Waals surface area contributed by atoms with Crippen LogP contribution in [0.3, 0.4) is 0 Å². The van der Waals surface area contributed by atoms with Gasteiger partial charge in [-0.1, -0.05) is 22.8 Å². The summed E-state index contributed by atoms with van der Waals surface area (Å²) < 4.78 is 6.24. The van der Waals surface area contributed by atoms with Crippen molar-refractivity contribution in [1.29, 1.82) is 0 Å². The molecule has 1 fully saturated rings. The monoisotopic (exact) mass is 472 g/mol. The van der Waals surface area contributed by atoms with Crippen molar-refractivity contribution in [2.75, 3.05) is 44.2 Å². The van der Waals surface area contributed by atoms with Crippen LogP contribution in [-0.4, -0.2) is 65.0 Å². The second-order valence-electron chi connectivity index (χ2n) is 8.47. The highest BCUT2D eigenvalue weighted by Gasteiger charge is 2.19. The molecule has 0 radical (unpaired) electrons. The van der Waals surface area contributed by atoms with E-state index in [1.54, 1.807) is 13.8 Å². The molecule has 0 atom stereocenters. The van der Waals surface area contributed by atoms with E-state index in [9.17, 15) is 9.59 Å². The van der Waals surface area contributed by atoms with Gasteiger partial charge in [0, 0.05) is 43.4 Å². The third kappa shape index (κ3) is 5.20. The molecule has 0 aliphatic carbocycles. The molecule has 1 aromatic carbocycles. The molecule has 10 heteroatoms. The van der Waals surface area contributed by atoms with E-state index in [1.807, 2.05) is 12.1 Å². The molecule has 0 bridgehead atoms. The zero-order valence-electron chi connectivity index (χ0n) is 19.2. The van der Waals surface area contributed by atoms with Crippen LogP contribution in [-0.2, 0) is 11.3 Å². The zero-order valence-corrected chi connectivity index (χ0v) is 20.0. The Balaban J connectivity index is 1.21. The highest BCUT2D eigenvalue weighted by atomic mass is 35.5. The van der Waals surface area contributed by atoms with Gasteiger partial charge in [-0.3, -0.25) is 14.5 Å². The second-order valence-corrected chi connectivity index (χ2v) is 8.91. The lowest BCUT2D eigenvalue weighted by molar-refractivity contribution is -0.121. The van der Waals surface area contributed by atoms with E-state index in [2.05, 4.69) is 38.4 Å². The third-order valence-corrected chi connectivity index (χ3v) is 6.32. The first kappa shape index (κ1) is 23.3. The van der Waals surface area contributed by atoms with E-state index in [4.69, 9.17) is 16.1 Å². The summed E-state index contributed by atoms with van der Waals surface area (Å²) in [5, 5.41) is 12.3. The van der Waals surface area contributed by atoms with Crippen molar-refractivity contribution in [3.63, 3.8) is 0 Å². The number of amides is 1. The molecule has 1 amide bonds. The molecule has 33 heavy (non-hydrogen) atoms. The van der Waals surface area contributed by atoms with Gasteiger partial charge < -0.3 is 14.7 Å². The Bertz CT molecular complexity index is 1210. The Morgan fingerprint density at radius 2 is 1.94 bits per heavy atom. The number of benzene rings is 1. The van der Waals surface area contributed by atoms with Crippen LogP contribution in [0.1, 0.15) is 23.4 Å². The number of hydrogen-bond donors (Lipinski definition) is 1. The average molecular weight is 473 g/mol. The van der Waals surface area contributed by atoms with Crippen molar-refractivity contribution in [1.82, 2.24) is 25.2 Å². The molecule has 0 saturated carbocycles. The Labute approximate surface area is 197 Å². The molecule has 1 N–H and O–H groups in total. The lowest BCUT2D eigenvalue weighted by Gasteiger charge is -2.37. The molecule has 0 unspecified atom stereocenters. The number of nitrogens with zero attached hydrogens (tertiary/aromatic N) is 5. The standard InChI is InChI=1S/C23H29ClN6O3/c1-15-5-6-18(24)13-19(15)29-11-9-28(10-12-29)8-4-7-25-20(31)14-30-23(32)22-21(16(2)26-30)17(3)33-27-22/h5-6,13H,4,7-12,14H2,1-3H3,(H,25,31). The van der Waals surface area contributed by atoms with Gasteiger partial charge in [0.1, 0.15) is 12.3 Å². The summed E-state index contributed by atoms with van der Waals surface area (Å²) in [6.07, 6.45) is 0.838. The summed E-state index contributed by atoms with van der Waals surface area (Å²) >= 11 is 6.17. The van der Waals surface area contributed by atoms with Crippen LogP contribution in [0.2, 0.25) is 5.02 Å². The number of aryl methyl sites for hydroxylation is 3. The predicted molar refractivity (Wildman–Crippen MR) is 128 cm³/mol. The second kappa shape index (κ2) is 9.93. The molecule has 3 aromatic rings. The van der Waals surface area contributed by atoms with E-state index >= 15 is 0 Å². The van der Waals surface area contributed by atoms with E-state index in [0.717, 1.165) is 48.8 Å². The number of carbonyl (C=O) groups excluding carboxylic acids is 1. The minimum atomic E-state index is -0.421. The van der Waals surface area contributed by atoms with Gasteiger partial charge in [0.15, 0.2) is 5.52 Å². The number of anilines is 1. The quantitative estimate of drug-likeness (QED) is 0.527. The van der Waals surface area contributed by atoms with Crippen LogP contribution in [0, 0.1) is 20.8 Å². The Morgan fingerprint density at radius 3 is 2.70 bits per heavy atom. The number of halogens is 1. The van der Waals surface area contributed by atoms with Crippen LogP contribution in [0.4, 0.5) is 5.69 Å². The van der Waals surface area contributed by atoms with E-state index in [0.29, 0.717) is 23.4 Å². The Hall–Kier alpha value is -2.91. The maximum Gasteiger partial charge on any atom is 0.297 e. The maximum atomic E-state index is 12.5. The van der Waals surface area contributed by atoms with Crippen LogP contribution >= 0.6 is 11.6 Å². The first-order valence-corrected chi connectivity index (χ1v) is 11.5. The van der Waals surface area contributed by atoms with Crippen molar-refractivity contribution in [3.8, 4) is 0 Å². The van der Waals surface area contributed by atoms with Crippen molar-refractivity contribution < 1.29 is 9.32 Å². The molecule has 176 valence electrons. The molecule has 9 nitrogen and oxygen atoms in total. The van der Waals surface area contributed by atoms with Gasteiger partial charge in [0.05, 0.1) is 11.1 Å². The zero-order chi connectivity index (χ0) is 23.5. The maximum absolute atomic E-state index is 12.5. The van der Waals surface area contributed by atoms with Crippen molar-refractivity contribution in [2.24, 2.45) is 0 Å². The van der Waals surface area contributed by atoms with E-state index in [-0.39, 0.29) is 18.0 Å². The van der Waals surface area contributed by atoms with Crippen molar-refractivity contribution in [3.05, 3.63) is 50.6 Å². The average Bonchev–Trinajstić information content (AvgIpc) is 3.19. The SMILES string of the molecule is Cc1ccc(Cl)cc1N1CCN(CCCNC(=O)Cn2nc(C)c3c(C)onc3c2=O)CC1. The van der Waals surface area contributed by atoms with Gasteiger partial charge in [-0.2, -0.15) is 5.10 Å². The van der Waals surface area contributed by atoms with Gasteiger partial charge >= 0.3 is 0 Å². The predicted octanol–water partition coefficient (Wildman–Crippen LogP) is 2.29. The summed E-state index contributed by atoms with van der Waals surface area (Å²) in [6.45, 7) is 10.8. The molecular weight excluding hydrogens is 444 g/mol. The molecule has 4 rings (SSSR count). The van der Waals surface area contributed by atoms with Crippen LogP contribution in [0.15, 0.2) is 27.5 Å². The summed E-state index contributed by atoms with van der Waals surface area (Å²) in [5.74, 6) is 0.303. The lowest BCUT2D eigenvalue weighted by Crippen LogP contribution is -2.47. The number of fused-ring (bicyclic) bond motifs is 1. The minimum absolute atomic E-state index is 0.140. The Kier molecular flexibility index (Phi) is 6.99. The number of piperazine rings is 1. The molecule has 1 saturated heterocycles. The topological polar surface area (TPSA) is 96.5 Å². The highest BCUT2D eigenvalue weighted by molar-refractivity contribution is 6.30.